The molecule has 84 valence electrons. The molecule has 1 aromatic carbocycles. The van der Waals surface area contributed by atoms with Gasteiger partial charge < -0.3 is 15.8 Å². The SMILES string of the molecule is COc1ccc(F)cc1CNCC(C)N. The molecule has 0 aromatic heterocycles. The molecule has 3 nitrogen and oxygen atoms in total. The summed E-state index contributed by atoms with van der Waals surface area (Å²) in [4.78, 5) is 0. The number of rotatable bonds is 5. The van der Waals surface area contributed by atoms with Gasteiger partial charge in [0.25, 0.3) is 0 Å². The standard InChI is InChI=1S/C11H17FN2O/c1-8(13)6-14-7-9-5-10(12)3-4-11(9)15-2/h3-5,8,14H,6-7,13H2,1-2H3. The zero-order chi connectivity index (χ0) is 11.3. The van der Waals surface area contributed by atoms with Crippen molar-refractivity contribution in [2.45, 2.75) is 19.5 Å². The van der Waals surface area contributed by atoms with E-state index in [1.165, 1.54) is 12.1 Å². The van der Waals surface area contributed by atoms with E-state index in [0.29, 0.717) is 18.8 Å². The summed E-state index contributed by atoms with van der Waals surface area (Å²) in [5, 5.41) is 3.13. The predicted octanol–water partition coefficient (Wildman–Crippen LogP) is 1.27. The zero-order valence-corrected chi connectivity index (χ0v) is 9.09. The van der Waals surface area contributed by atoms with Crippen LogP contribution in [0.1, 0.15) is 12.5 Å². The van der Waals surface area contributed by atoms with E-state index in [4.69, 9.17) is 10.5 Å². The van der Waals surface area contributed by atoms with Crippen molar-refractivity contribution < 1.29 is 9.13 Å². The molecule has 15 heavy (non-hydrogen) atoms. The molecule has 1 unspecified atom stereocenters. The second-order valence-electron chi connectivity index (χ2n) is 3.56. The van der Waals surface area contributed by atoms with Crippen LogP contribution >= 0.6 is 0 Å². The van der Waals surface area contributed by atoms with Crippen LogP contribution in [0.4, 0.5) is 4.39 Å². The maximum Gasteiger partial charge on any atom is 0.123 e. The summed E-state index contributed by atoms with van der Waals surface area (Å²) in [6.07, 6.45) is 0. The largest absolute Gasteiger partial charge is 0.496 e. The number of nitrogens with two attached hydrogens (primary N) is 1. The molecule has 0 aliphatic heterocycles. The Kier molecular flexibility index (Phi) is 4.52. The number of halogens is 1. The third-order valence-electron chi connectivity index (χ3n) is 2.02. The molecule has 0 fully saturated rings. The van der Waals surface area contributed by atoms with Crippen LogP contribution in [0, 0.1) is 5.82 Å². The van der Waals surface area contributed by atoms with Gasteiger partial charge in [0.1, 0.15) is 11.6 Å². The summed E-state index contributed by atoms with van der Waals surface area (Å²) in [5.41, 5.74) is 6.39. The van der Waals surface area contributed by atoms with Crippen molar-refractivity contribution >= 4 is 0 Å². The van der Waals surface area contributed by atoms with Gasteiger partial charge >= 0.3 is 0 Å². The number of methoxy groups -OCH3 is 1. The van der Waals surface area contributed by atoms with Crippen LogP contribution in [0.2, 0.25) is 0 Å². The van der Waals surface area contributed by atoms with Gasteiger partial charge in [-0.3, -0.25) is 0 Å². The molecule has 3 N–H and O–H groups in total. The highest BCUT2D eigenvalue weighted by Crippen LogP contribution is 2.18. The highest BCUT2D eigenvalue weighted by molar-refractivity contribution is 5.33. The number of benzene rings is 1. The van der Waals surface area contributed by atoms with E-state index in [2.05, 4.69) is 5.32 Å². The molecule has 0 heterocycles. The van der Waals surface area contributed by atoms with Crippen LogP contribution in [0.3, 0.4) is 0 Å². The van der Waals surface area contributed by atoms with Crippen molar-refractivity contribution in [3.05, 3.63) is 29.6 Å². The molecule has 1 rings (SSSR count). The fourth-order valence-electron chi connectivity index (χ4n) is 1.32. The Morgan fingerprint density at radius 1 is 1.53 bits per heavy atom. The number of hydrogen-bond acceptors (Lipinski definition) is 3. The fourth-order valence-corrected chi connectivity index (χ4v) is 1.32. The molecule has 1 atom stereocenters. The number of hydrogen-bond donors (Lipinski definition) is 2. The van der Waals surface area contributed by atoms with Gasteiger partial charge in [-0.15, -0.1) is 0 Å². The lowest BCUT2D eigenvalue weighted by Crippen LogP contribution is -2.30. The lowest BCUT2D eigenvalue weighted by molar-refractivity contribution is 0.406. The van der Waals surface area contributed by atoms with Gasteiger partial charge in [-0.1, -0.05) is 0 Å². The lowest BCUT2D eigenvalue weighted by atomic mass is 10.2. The molecule has 0 bridgehead atoms. The summed E-state index contributed by atoms with van der Waals surface area (Å²) in [7, 11) is 1.57. The monoisotopic (exact) mass is 212 g/mol. The molecular formula is C11H17FN2O. The molecule has 0 aliphatic carbocycles. The molecule has 0 spiro atoms. The maximum atomic E-state index is 13.0. The van der Waals surface area contributed by atoms with E-state index in [-0.39, 0.29) is 11.9 Å². The van der Waals surface area contributed by atoms with E-state index in [1.807, 2.05) is 6.92 Å². The first-order valence-corrected chi connectivity index (χ1v) is 4.92. The summed E-state index contributed by atoms with van der Waals surface area (Å²) in [6.45, 7) is 3.16. The fraction of sp³-hybridized carbons (Fsp3) is 0.455. The second-order valence-corrected chi connectivity index (χ2v) is 3.56. The van der Waals surface area contributed by atoms with Crippen molar-refractivity contribution in [2.75, 3.05) is 13.7 Å². The van der Waals surface area contributed by atoms with Crippen LogP contribution in [0.15, 0.2) is 18.2 Å². The van der Waals surface area contributed by atoms with Gasteiger partial charge in [0, 0.05) is 24.7 Å². The van der Waals surface area contributed by atoms with Crippen LogP contribution in [0.25, 0.3) is 0 Å². The zero-order valence-electron chi connectivity index (χ0n) is 9.09. The molecule has 0 radical (unpaired) electrons. The van der Waals surface area contributed by atoms with Gasteiger partial charge in [-0.2, -0.15) is 0 Å². The second kappa shape index (κ2) is 5.68. The summed E-state index contributed by atoms with van der Waals surface area (Å²) in [5.74, 6) is 0.432. The predicted molar refractivity (Wildman–Crippen MR) is 58.3 cm³/mol. The first-order chi connectivity index (χ1) is 7.13. The average molecular weight is 212 g/mol. The van der Waals surface area contributed by atoms with Gasteiger partial charge in [-0.25, -0.2) is 4.39 Å². The normalized spacial score (nSPS) is 12.5. The van der Waals surface area contributed by atoms with Crippen molar-refractivity contribution in [2.24, 2.45) is 5.73 Å². The quantitative estimate of drug-likeness (QED) is 0.772. The number of ether oxygens (including phenoxy) is 1. The highest BCUT2D eigenvalue weighted by atomic mass is 19.1. The molecule has 0 aliphatic rings. The third-order valence-corrected chi connectivity index (χ3v) is 2.02. The van der Waals surface area contributed by atoms with Gasteiger partial charge in [0.2, 0.25) is 0 Å². The Labute approximate surface area is 89.4 Å². The number of nitrogens with one attached hydrogen (secondary N) is 1. The van der Waals surface area contributed by atoms with Crippen LogP contribution in [0.5, 0.6) is 5.75 Å². The molecular weight excluding hydrogens is 195 g/mol. The average Bonchev–Trinajstić information content (AvgIpc) is 2.17. The molecule has 1 aromatic rings. The van der Waals surface area contributed by atoms with Crippen molar-refractivity contribution in [3.63, 3.8) is 0 Å². The Morgan fingerprint density at radius 2 is 2.27 bits per heavy atom. The Balaban J connectivity index is 2.62. The summed E-state index contributed by atoms with van der Waals surface area (Å²) in [6, 6.07) is 4.56. The minimum atomic E-state index is -0.256. The van der Waals surface area contributed by atoms with Crippen molar-refractivity contribution in [3.8, 4) is 5.75 Å². The Hall–Kier alpha value is -1.13. The van der Waals surface area contributed by atoms with E-state index in [0.717, 1.165) is 5.56 Å². The van der Waals surface area contributed by atoms with Gasteiger partial charge in [0.15, 0.2) is 0 Å². The maximum absolute atomic E-state index is 13.0. The van der Waals surface area contributed by atoms with E-state index in [1.54, 1.807) is 13.2 Å². The van der Waals surface area contributed by atoms with Crippen LogP contribution in [-0.2, 0) is 6.54 Å². The molecule has 4 heteroatoms. The van der Waals surface area contributed by atoms with Crippen molar-refractivity contribution in [1.82, 2.24) is 5.32 Å². The van der Waals surface area contributed by atoms with E-state index >= 15 is 0 Å². The van der Waals surface area contributed by atoms with Gasteiger partial charge in [-0.05, 0) is 25.1 Å². The van der Waals surface area contributed by atoms with Crippen LogP contribution < -0.4 is 15.8 Å². The molecule has 0 saturated heterocycles. The lowest BCUT2D eigenvalue weighted by Gasteiger charge is -2.11. The topological polar surface area (TPSA) is 47.3 Å². The molecule has 0 saturated carbocycles. The highest BCUT2D eigenvalue weighted by Gasteiger charge is 2.04. The van der Waals surface area contributed by atoms with Gasteiger partial charge in [0.05, 0.1) is 7.11 Å². The summed E-state index contributed by atoms with van der Waals surface area (Å²) < 4.78 is 18.1. The first kappa shape index (κ1) is 11.9. The first-order valence-electron chi connectivity index (χ1n) is 4.92. The van der Waals surface area contributed by atoms with E-state index in [9.17, 15) is 4.39 Å². The third kappa shape index (κ3) is 3.85. The van der Waals surface area contributed by atoms with E-state index < -0.39 is 0 Å². The minimum Gasteiger partial charge on any atom is -0.496 e. The van der Waals surface area contributed by atoms with Crippen LogP contribution in [-0.4, -0.2) is 19.7 Å². The van der Waals surface area contributed by atoms with Crippen molar-refractivity contribution in [1.29, 1.82) is 0 Å². The molecule has 0 amide bonds. The summed E-state index contributed by atoms with van der Waals surface area (Å²) >= 11 is 0. The Bertz CT molecular complexity index is 315. The minimum absolute atomic E-state index is 0.0876. The smallest absolute Gasteiger partial charge is 0.123 e. The Morgan fingerprint density at radius 3 is 2.87 bits per heavy atom.